The van der Waals surface area contributed by atoms with Crippen LogP contribution < -0.4 is 25.8 Å². The minimum Gasteiger partial charge on any atom is -0.769 e. The molecule has 0 aliphatic carbocycles. The highest BCUT2D eigenvalue weighted by molar-refractivity contribution is 7.79. The smallest absolute Gasteiger partial charge is 0.154 e. The quantitative estimate of drug-likeness (QED) is 0.274. The fourth-order valence-electron chi connectivity index (χ4n) is 2.57. The molecule has 0 aliphatic rings. The van der Waals surface area contributed by atoms with Gasteiger partial charge in [-0.05, 0) is 36.4 Å². The standard InChI is InChI=1S/C14H15N5O10S/c20-16(21)9-1-3-11(13(7-9)18(24)25)15(5-6-30(28)29)12-4-2-10(17(22)23)8-14(12)19(26)27/h1-4,7-8,24-27H,5-6H2,(H,28,29)/q-4. The Morgan fingerprint density at radius 1 is 0.733 bits per heavy atom. The van der Waals surface area contributed by atoms with Gasteiger partial charge in [0.15, 0.2) is 11.1 Å². The predicted molar refractivity (Wildman–Crippen MR) is 106 cm³/mol. The van der Waals surface area contributed by atoms with Gasteiger partial charge in [0, 0.05) is 17.9 Å². The summed E-state index contributed by atoms with van der Waals surface area (Å²) in [5.41, 5.74) is -2.40. The molecule has 166 valence electrons. The zero-order valence-electron chi connectivity index (χ0n) is 14.8. The number of benzene rings is 2. The molecule has 0 heterocycles. The second-order valence-electron chi connectivity index (χ2n) is 5.62. The van der Waals surface area contributed by atoms with Crippen LogP contribution in [-0.2, 0) is 11.1 Å². The summed E-state index contributed by atoms with van der Waals surface area (Å²) in [4.78, 5) is 1.09. The average molecular weight is 445 g/mol. The molecule has 0 aromatic heterocycles. The maximum absolute atomic E-state index is 11.2. The Bertz CT molecular complexity index is 834. The van der Waals surface area contributed by atoms with Crippen LogP contribution >= 0.6 is 0 Å². The summed E-state index contributed by atoms with van der Waals surface area (Å²) in [5, 5.41) is 79.5. The number of rotatable bonds is 9. The van der Waals surface area contributed by atoms with Crippen molar-refractivity contribution in [2.24, 2.45) is 0 Å². The average Bonchev–Trinajstić information content (AvgIpc) is 2.67. The highest BCUT2D eigenvalue weighted by Crippen LogP contribution is 2.41. The first kappa shape index (κ1) is 23.5. The predicted octanol–water partition coefficient (Wildman–Crippen LogP) is 1.82. The zero-order chi connectivity index (χ0) is 22.6. The molecule has 15 nitrogen and oxygen atoms in total. The van der Waals surface area contributed by atoms with Gasteiger partial charge in [-0.2, -0.15) is 0 Å². The summed E-state index contributed by atoms with van der Waals surface area (Å²) >= 11 is -2.33. The molecule has 0 saturated heterocycles. The summed E-state index contributed by atoms with van der Waals surface area (Å²) in [6.07, 6.45) is 0. The maximum Gasteiger partial charge on any atom is 0.154 e. The molecule has 5 N–H and O–H groups in total. The van der Waals surface area contributed by atoms with Gasteiger partial charge in [-0.25, -0.2) is 4.21 Å². The van der Waals surface area contributed by atoms with Crippen LogP contribution in [0.1, 0.15) is 0 Å². The Kier molecular flexibility index (Phi) is 7.70. The fourth-order valence-corrected chi connectivity index (χ4v) is 2.91. The molecule has 2 aromatic carbocycles. The SMILES string of the molecule is O=S(O)CCN(c1ccc(N([O-])[O-])cc1N(O)O)c1ccc(N([O-])[O-])cc1N(O)O. The number of anilines is 6. The molecular weight excluding hydrogens is 430 g/mol. The van der Waals surface area contributed by atoms with Crippen LogP contribution in [0, 0.1) is 20.8 Å². The maximum atomic E-state index is 11.2. The molecule has 0 radical (unpaired) electrons. The molecular formula is C14H15N5O10S-4. The highest BCUT2D eigenvalue weighted by Gasteiger charge is 2.22. The molecule has 2 rings (SSSR count). The van der Waals surface area contributed by atoms with Crippen molar-refractivity contribution in [3.63, 3.8) is 0 Å². The highest BCUT2D eigenvalue weighted by atomic mass is 32.2. The Hall–Kier alpha value is -2.77. The monoisotopic (exact) mass is 445 g/mol. The van der Waals surface area contributed by atoms with Gasteiger partial charge in [-0.1, -0.05) is 0 Å². The minimum atomic E-state index is -2.33. The van der Waals surface area contributed by atoms with Crippen molar-refractivity contribution in [1.82, 2.24) is 0 Å². The molecule has 1 unspecified atom stereocenters. The number of nitrogens with zero attached hydrogens (tertiary/aromatic N) is 5. The molecule has 0 bridgehead atoms. The molecule has 2 aromatic rings. The lowest BCUT2D eigenvalue weighted by atomic mass is 10.1. The Labute approximate surface area is 170 Å². The van der Waals surface area contributed by atoms with Crippen molar-refractivity contribution in [1.29, 1.82) is 0 Å². The van der Waals surface area contributed by atoms with E-state index in [1.54, 1.807) is 0 Å². The van der Waals surface area contributed by atoms with Crippen molar-refractivity contribution in [2.75, 3.05) is 38.1 Å². The van der Waals surface area contributed by atoms with Crippen LogP contribution in [0.2, 0.25) is 0 Å². The van der Waals surface area contributed by atoms with Crippen molar-refractivity contribution >= 4 is 45.2 Å². The largest absolute Gasteiger partial charge is 0.769 e. The molecule has 0 aliphatic heterocycles. The number of hydrogen-bond donors (Lipinski definition) is 5. The molecule has 0 saturated carbocycles. The van der Waals surface area contributed by atoms with Crippen molar-refractivity contribution < 1.29 is 29.6 Å². The van der Waals surface area contributed by atoms with E-state index in [0.717, 1.165) is 41.3 Å². The first-order valence-corrected chi connectivity index (χ1v) is 9.08. The normalized spacial score (nSPS) is 11.8. The molecule has 0 amide bonds. The second-order valence-corrected chi connectivity index (χ2v) is 6.67. The van der Waals surface area contributed by atoms with E-state index < -0.39 is 60.5 Å². The molecule has 16 heteroatoms. The van der Waals surface area contributed by atoms with Gasteiger partial charge in [0.25, 0.3) is 0 Å². The van der Waals surface area contributed by atoms with Gasteiger partial charge < -0.3 is 40.7 Å². The van der Waals surface area contributed by atoms with Crippen molar-refractivity contribution in [2.45, 2.75) is 0 Å². The van der Waals surface area contributed by atoms with E-state index >= 15 is 0 Å². The van der Waals surface area contributed by atoms with Gasteiger partial charge in [0.2, 0.25) is 0 Å². The van der Waals surface area contributed by atoms with Crippen LogP contribution in [-0.4, -0.2) is 41.9 Å². The molecule has 0 fully saturated rings. The van der Waals surface area contributed by atoms with Crippen LogP contribution in [0.4, 0.5) is 34.1 Å². The Balaban J connectivity index is 2.70. The molecule has 1 atom stereocenters. The van der Waals surface area contributed by atoms with Gasteiger partial charge in [-0.15, -0.1) is 10.5 Å². The third-order valence-electron chi connectivity index (χ3n) is 3.84. The Morgan fingerprint density at radius 2 is 1.13 bits per heavy atom. The number of hydrogen-bond acceptors (Lipinski definition) is 14. The zero-order valence-corrected chi connectivity index (χ0v) is 15.6. The first-order valence-electron chi connectivity index (χ1n) is 7.80. The second kappa shape index (κ2) is 9.82. The first-order chi connectivity index (χ1) is 14.0. The van der Waals surface area contributed by atoms with E-state index in [1.807, 2.05) is 0 Å². The van der Waals surface area contributed by atoms with Crippen molar-refractivity contribution in [3.8, 4) is 0 Å². The lowest BCUT2D eigenvalue weighted by Gasteiger charge is -2.39. The lowest BCUT2D eigenvalue weighted by molar-refractivity contribution is 0.0292. The summed E-state index contributed by atoms with van der Waals surface area (Å²) in [7, 11) is 0. The van der Waals surface area contributed by atoms with Crippen LogP contribution in [0.25, 0.3) is 0 Å². The van der Waals surface area contributed by atoms with Crippen LogP contribution in [0.15, 0.2) is 36.4 Å². The van der Waals surface area contributed by atoms with E-state index in [1.165, 1.54) is 0 Å². The summed E-state index contributed by atoms with van der Waals surface area (Å²) in [6.45, 7) is -0.333. The lowest BCUT2D eigenvalue weighted by Crippen LogP contribution is -2.28. The third kappa shape index (κ3) is 5.43. The third-order valence-corrected chi connectivity index (χ3v) is 4.37. The minimum absolute atomic E-state index is 0.159. The van der Waals surface area contributed by atoms with E-state index in [4.69, 9.17) is 4.55 Å². The Morgan fingerprint density at radius 3 is 1.43 bits per heavy atom. The van der Waals surface area contributed by atoms with Gasteiger partial charge in [0.1, 0.15) is 11.4 Å². The summed E-state index contributed by atoms with van der Waals surface area (Å²) < 4.78 is 20.3. The van der Waals surface area contributed by atoms with Crippen LogP contribution in [0.3, 0.4) is 0 Å². The van der Waals surface area contributed by atoms with E-state index in [2.05, 4.69) is 0 Å². The summed E-state index contributed by atoms with van der Waals surface area (Å²) in [5.74, 6) is -0.416. The molecule has 0 spiro atoms. The van der Waals surface area contributed by atoms with E-state index in [-0.39, 0.29) is 17.9 Å². The van der Waals surface area contributed by atoms with Gasteiger partial charge >= 0.3 is 0 Å². The molecule has 30 heavy (non-hydrogen) atoms. The summed E-state index contributed by atoms with van der Waals surface area (Å²) in [6, 6.07) is 5.75. The van der Waals surface area contributed by atoms with Crippen LogP contribution in [0.5, 0.6) is 0 Å². The van der Waals surface area contributed by atoms with E-state index in [0.29, 0.717) is 0 Å². The van der Waals surface area contributed by atoms with Crippen molar-refractivity contribution in [3.05, 3.63) is 57.2 Å². The topological polar surface area (TPSA) is 227 Å². The van der Waals surface area contributed by atoms with Gasteiger partial charge in [-0.3, -0.25) is 20.8 Å². The van der Waals surface area contributed by atoms with E-state index in [9.17, 15) is 45.9 Å². The fraction of sp³-hybridized carbons (Fsp3) is 0.143. The van der Waals surface area contributed by atoms with Gasteiger partial charge in [0.05, 0.1) is 17.1 Å².